The number of rotatable bonds is 6. The second-order valence-corrected chi connectivity index (χ2v) is 4.96. The van der Waals surface area contributed by atoms with E-state index in [1.807, 2.05) is 6.92 Å². The molecule has 2 N–H and O–H groups in total. The molecular formula is C12H18ClN3O2. The summed E-state index contributed by atoms with van der Waals surface area (Å²) in [5.41, 5.74) is 0.801. The first kappa shape index (κ1) is 13.5. The van der Waals surface area contributed by atoms with E-state index in [1.54, 1.807) is 7.11 Å². The number of ether oxygens (including phenoxy) is 1. The molecule has 6 heteroatoms. The number of aliphatic hydroxyl groups is 1. The van der Waals surface area contributed by atoms with Crippen molar-refractivity contribution in [3.8, 4) is 0 Å². The Balaban J connectivity index is 2.19. The number of nitrogens with one attached hydrogen (secondary N) is 1. The largest absolute Gasteiger partial charge is 0.394 e. The summed E-state index contributed by atoms with van der Waals surface area (Å²) in [7, 11) is 1.60. The lowest BCUT2D eigenvalue weighted by Gasteiger charge is -2.18. The van der Waals surface area contributed by atoms with Crippen LogP contribution in [0.4, 0.5) is 5.82 Å². The van der Waals surface area contributed by atoms with Gasteiger partial charge in [-0.3, -0.25) is 0 Å². The van der Waals surface area contributed by atoms with E-state index in [1.165, 1.54) is 0 Å². The molecule has 1 heterocycles. The predicted octanol–water partition coefficient (Wildman–Crippen LogP) is 1.74. The van der Waals surface area contributed by atoms with Crippen molar-refractivity contribution in [1.29, 1.82) is 0 Å². The average molecular weight is 272 g/mol. The highest BCUT2D eigenvalue weighted by Crippen LogP contribution is 2.39. The summed E-state index contributed by atoms with van der Waals surface area (Å²) < 4.78 is 5.03. The second-order valence-electron chi connectivity index (χ2n) is 4.60. The van der Waals surface area contributed by atoms with E-state index in [0.29, 0.717) is 23.5 Å². The van der Waals surface area contributed by atoms with E-state index >= 15 is 0 Å². The van der Waals surface area contributed by atoms with Gasteiger partial charge in [0, 0.05) is 18.6 Å². The predicted molar refractivity (Wildman–Crippen MR) is 70.1 cm³/mol. The lowest BCUT2D eigenvalue weighted by atomic mass is 10.2. The SMILES string of the molecule is COCC(CO)Nc1nc(C2CC2)nc(Cl)c1C. The fourth-order valence-corrected chi connectivity index (χ4v) is 1.88. The highest BCUT2D eigenvalue weighted by Gasteiger charge is 2.28. The van der Waals surface area contributed by atoms with E-state index in [-0.39, 0.29) is 12.6 Å². The first-order chi connectivity index (χ1) is 8.65. The molecule has 1 aliphatic rings. The number of aliphatic hydroxyl groups excluding tert-OH is 1. The quantitative estimate of drug-likeness (QED) is 0.772. The van der Waals surface area contributed by atoms with Crippen LogP contribution >= 0.6 is 11.6 Å². The van der Waals surface area contributed by atoms with Gasteiger partial charge in [0.05, 0.1) is 19.3 Å². The maximum Gasteiger partial charge on any atom is 0.137 e. The van der Waals surface area contributed by atoms with Gasteiger partial charge < -0.3 is 15.2 Å². The summed E-state index contributed by atoms with van der Waals surface area (Å²) in [6.07, 6.45) is 2.25. The first-order valence-electron chi connectivity index (χ1n) is 6.06. The maximum absolute atomic E-state index is 9.25. The van der Waals surface area contributed by atoms with Crippen LogP contribution in [0.3, 0.4) is 0 Å². The van der Waals surface area contributed by atoms with Crippen LogP contribution in [0, 0.1) is 6.92 Å². The number of halogens is 1. The molecule has 0 radical (unpaired) electrons. The molecule has 1 fully saturated rings. The summed E-state index contributed by atoms with van der Waals surface area (Å²) in [6, 6.07) is -0.188. The Morgan fingerprint density at radius 3 is 2.78 bits per heavy atom. The number of hydrogen-bond donors (Lipinski definition) is 2. The molecule has 0 amide bonds. The second kappa shape index (κ2) is 5.82. The van der Waals surface area contributed by atoms with Crippen molar-refractivity contribution in [2.45, 2.75) is 31.7 Å². The van der Waals surface area contributed by atoms with Crippen LogP contribution in [-0.2, 0) is 4.74 Å². The molecular weight excluding hydrogens is 254 g/mol. The highest BCUT2D eigenvalue weighted by atomic mass is 35.5. The molecule has 1 aromatic rings. The molecule has 0 spiro atoms. The topological polar surface area (TPSA) is 67.3 Å². The molecule has 5 nitrogen and oxygen atoms in total. The standard InChI is InChI=1S/C12H18ClN3O2/c1-7-10(13)15-12(8-3-4-8)16-11(7)14-9(5-17)6-18-2/h8-9,17H,3-6H2,1-2H3,(H,14,15,16). The molecule has 1 atom stereocenters. The van der Waals surface area contributed by atoms with Crippen molar-refractivity contribution in [1.82, 2.24) is 9.97 Å². The molecule has 1 aliphatic carbocycles. The van der Waals surface area contributed by atoms with Gasteiger partial charge in [-0.05, 0) is 19.8 Å². The summed E-state index contributed by atoms with van der Waals surface area (Å²) in [5.74, 6) is 1.92. The van der Waals surface area contributed by atoms with E-state index in [9.17, 15) is 5.11 Å². The molecule has 1 unspecified atom stereocenters. The molecule has 0 bridgehead atoms. The minimum Gasteiger partial charge on any atom is -0.394 e. The summed E-state index contributed by atoms with van der Waals surface area (Å²) >= 11 is 6.11. The molecule has 0 aliphatic heterocycles. The van der Waals surface area contributed by atoms with Gasteiger partial charge >= 0.3 is 0 Å². The Hall–Kier alpha value is -0.910. The van der Waals surface area contributed by atoms with Gasteiger partial charge in [0.15, 0.2) is 0 Å². The third-order valence-corrected chi connectivity index (χ3v) is 3.34. The van der Waals surface area contributed by atoms with Crippen LogP contribution in [0.25, 0.3) is 0 Å². The number of hydrogen-bond acceptors (Lipinski definition) is 5. The van der Waals surface area contributed by atoms with Gasteiger partial charge in [-0.2, -0.15) is 0 Å². The molecule has 0 saturated heterocycles. The van der Waals surface area contributed by atoms with E-state index in [2.05, 4.69) is 15.3 Å². The van der Waals surface area contributed by atoms with E-state index in [4.69, 9.17) is 16.3 Å². The minimum absolute atomic E-state index is 0.0202. The number of anilines is 1. The molecule has 1 aromatic heterocycles. The molecule has 0 aromatic carbocycles. The van der Waals surface area contributed by atoms with Crippen LogP contribution in [0.2, 0.25) is 5.15 Å². The lowest BCUT2D eigenvalue weighted by molar-refractivity contribution is 0.153. The van der Waals surface area contributed by atoms with Crippen LogP contribution in [0.1, 0.15) is 30.1 Å². The zero-order valence-electron chi connectivity index (χ0n) is 10.6. The zero-order chi connectivity index (χ0) is 13.1. The summed E-state index contributed by atoms with van der Waals surface area (Å²) in [5, 5.41) is 12.9. The van der Waals surface area contributed by atoms with Gasteiger partial charge in [-0.1, -0.05) is 11.6 Å². The molecule has 100 valence electrons. The van der Waals surface area contributed by atoms with Crippen molar-refractivity contribution < 1.29 is 9.84 Å². The van der Waals surface area contributed by atoms with E-state index < -0.39 is 0 Å². The first-order valence-corrected chi connectivity index (χ1v) is 6.43. The molecule has 18 heavy (non-hydrogen) atoms. The Morgan fingerprint density at radius 1 is 1.50 bits per heavy atom. The van der Waals surface area contributed by atoms with Crippen molar-refractivity contribution in [2.24, 2.45) is 0 Å². The third kappa shape index (κ3) is 3.10. The van der Waals surface area contributed by atoms with Gasteiger partial charge in [-0.25, -0.2) is 9.97 Å². The minimum atomic E-state index is -0.188. The smallest absolute Gasteiger partial charge is 0.137 e. The fourth-order valence-electron chi connectivity index (χ4n) is 1.70. The normalized spacial score (nSPS) is 16.7. The lowest BCUT2D eigenvalue weighted by Crippen LogP contribution is -2.29. The average Bonchev–Trinajstić information content (AvgIpc) is 3.18. The number of nitrogens with zero attached hydrogens (tertiary/aromatic N) is 2. The van der Waals surface area contributed by atoms with Gasteiger partial charge in [0.1, 0.15) is 16.8 Å². The van der Waals surface area contributed by atoms with Crippen LogP contribution < -0.4 is 5.32 Å². The molecule has 2 rings (SSSR count). The van der Waals surface area contributed by atoms with Crippen LogP contribution in [0.15, 0.2) is 0 Å². The Bertz CT molecular complexity index is 424. The fraction of sp³-hybridized carbons (Fsp3) is 0.667. The Kier molecular flexibility index (Phi) is 4.37. The van der Waals surface area contributed by atoms with Crippen molar-refractivity contribution in [3.63, 3.8) is 0 Å². The van der Waals surface area contributed by atoms with Crippen molar-refractivity contribution in [3.05, 3.63) is 16.5 Å². The summed E-state index contributed by atoms with van der Waals surface area (Å²) in [4.78, 5) is 8.79. The van der Waals surface area contributed by atoms with Crippen molar-refractivity contribution in [2.75, 3.05) is 25.6 Å². The monoisotopic (exact) mass is 271 g/mol. The number of methoxy groups -OCH3 is 1. The molecule has 1 saturated carbocycles. The van der Waals surface area contributed by atoms with Gasteiger partial charge in [0.25, 0.3) is 0 Å². The van der Waals surface area contributed by atoms with Gasteiger partial charge in [-0.15, -0.1) is 0 Å². The highest BCUT2D eigenvalue weighted by molar-refractivity contribution is 6.30. The van der Waals surface area contributed by atoms with Crippen LogP contribution in [0.5, 0.6) is 0 Å². The van der Waals surface area contributed by atoms with Gasteiger partial charge in [0.2, 0.25) is 0 Å². The summed E-state index contributed by atoms with van der Waals surface area (Å²) in [6.45, 7) is 2.26. The third-order valence-electron chi connectivity index (χ3n) is 2.98. The Labute approximate surface area is 112 Å². The number of aromatic nitrogens is 2. The van der Waals surface area contributed by atoms with E-state index in [0.717, 1.165) is 24.2 Å². The Morgan fingerprint density at radius 2 is 2.22 bits per heavy atom. The van der Waals surface area contributed by atoms with Crippen molar-refractivity contribution >= 4 is 17.4 Å². The zero-order valence-corrected chi connectivity index (χ0v) is 11.4. The van der Waals surface area contributed by atoms with Crippen LogP contribution in [-0.4, -0.2) is 41.4 Å². The maximum atomic E-state index is 9.25.